The van der Waals surface area contributed by atoms with Gasteiger partial charge in [0.1, 0.15) is 10.6 Å². The summed E-state index contributed by atoms with van der Waals surface area (Å²) in [6, 6.07) is 11.4. The molecule has 6 nitrogen and oxygen atoms in total. The van der Waals surface area contributed by atoms with E-state index in [-0.39, 0.29) is 5.91 Å². The maximum atomic E-state index is 12.9. The van der Waals surface area contributed by atoms with Crippen molar-refractivity contribution < 1.29 is 4.79 Å². The van der Waals surface area contributed by atoms with E-state index in [1.54, 1.807) is 12.4 Å². The maximum Gasteiger partial charge on any atom is 0.267 e. The molecule has 1 aliphatic heterocycles. The predicted molar refractivity (Wildman–Crippen MR) is 109 cm³/mol. The third kappa shape index (κ3) is 3.61. The molecular weight excluding hydrogens is 382 g/mol. The smallest absolute Gasteiger partial charge is 0.267 e. The Morgan fingerprint density at radius 3 is 2.56 bits per heavy atom. The Balaban J connectivity index is 1.46. The second kappa shape index (κ2) is 7.54. The van der Waals surface area contributed by atoms with Gasteiger partial charge in [0.15, 0.2) is 0 Å². The number of pyridine rings is 1. The van der Waals surface area contributed by atoms with Crippen LogP contribution >= 0.6 is 23.1 Å². The highest BCUT2D eigenvalue weighted by Gasteiger charge is 2.26. The molecule has 1 aliphatic rings. The van der Waals surface area contributed by atoms with Gasteiger partial charge >= 0.3 is 0 Å². The van der Waals surface area contributed by atoms with E-state index in [9.17, 15) is 4.79 Å². The van der Waals surface area contributed by atoms with E-state index in [1.165, 1.54) is 0 Å². The number of anilines is 2. The average Bonchev–Trinajstić information content (AvgIpc) is 3.09. The molecule has 3 heterocycles. The lowest BCUT2D eigenvalue weighted by atomic mass is 10.1. The van der Waals surface area contributed by atoms with Crippen LogP contribution in [-0.2, 0) is 0 Å². The van der Waals surface area contributed by atoms with Crippen molar-refractivity contribution in [3.05, 3.63) is 58.7 Å². The third-order valence-electron chi connectivity index (χ3n) is 4.62. The molecule has 1 aromatic carbocycles. The molecule has 8 heteroatoms. The summed E-state index contributed by atoms with van der Waals surface area (Å²) < 4.78 is 4.39. The molecule has 0 unspecified atom stereocenters. The van der Waals surface area contributed by atoms with E-state index in [4.69, 9.17) is 17.3 Å². The van der Waals surface area contributed by atoms with Crippen molar-refractivity contribution in [2.24, 2.45) is 0 Å². The van der Waals surface area contributed by atoms with Crippen molar-refractivity contribution in [2.45, 2.75) is 0 Å². The van der Waals surface area contributed by atoms with Crippen molar-refractivity contribution in [2.75, 3.05) is 36.8 Å². The lowest BCUT2D eigenvalue weighted by molar-refractivity contribution is 0.0752. The van der Waals surface area contributed by atoms with Crippen molar-refractivity contribution >= 4 is 40.4 Å². The number of rotatable bonds is 3. The summed E-state index contributed by atoms with van der Waals surface area (Å²) in [6.45, 7) is 2.77. The summed E-state index contributed by atoms with van der Waals surface area (Å²) in [7, 11) is 0. The normalized spacial score (nSPS) is 14.4. The standard InChI is InChI=1S/C19H18ClN5OS/c20-14-2-1-3-15(12-14)24-8-10-25(11-9-24)19(26)18-16(21)17(23-27-18)13-4-6-22-7-5-13/h1-7,12H,8-11,21H2. The number of nitrogen functional groups attached to an aromatic ring is 1. The Morgan fingerprint density at radius 2 is 1.85 bits per heavy atom. The Kier molecular flexibility index (Phi) is 4.96. The van der Waals surface area contributed by atoms with Crippen molar-refractivity contribution in [1.82, 2.24) is 14.3 Å². The number of carbonyl (C=O) groups excluding carboxylic acids is 1. The average molecular weight is 400 g/mol. The number of benzene rings is 1. The minimum Gasteiger partial charge on any atom is -0.396 e. The van der Waals surface area contributed by atoms with Crippen LogP contribution in [0.3, 0.4) is 0 Å². The van der Waals surface area contributed by atoms with Gasteiger partial charge in [-0.2, -0.15) is 4.37 Å². The molecule has 3 aromatic rings. The summed E-state index contributed by atoms with van der Waals surface area (Å²) in [4.78, 5) is 21.5. The van der Waals surface area contributed by atoms with Gasteiger partial charge in [0, 0.05) is 54.8 Å². The fourth-order valence-electron chi connectivity index (χ4n) is 3.15. The van der Waals surface area contributed by atoms with Crippen LogP contribution in [0.4, 0.5) is 11.4 Å². The summed E-state index contributed by atoms with van der Waals surface area (Å²) in [5.41, 5.74) is 9.25. The molecule has 138 valence electrons. The highest BCUT2D eigenvalue weighted by Crippen LogP contribution is 2.31. The van der Waals surface area contributed by atoms with Crippen molar-refractivity contribution in [3.8, 4) is 11.3 Å². The molecule has 0 aliphatic carbocycles. The molecule has 1 saturated heterocycles. The minimum absolute atomic E-state index is 0.0592. The van der Waals surface area contributed by atoms with Crippen LogP contribution in [0.1, 0.15) is 9.67 Å². The first kappa shape index (κ1) is 17.8. The molecule has 27 heavy (non-hydrogen) atoms. The summed E-state index contributed by atoms with van der Waals surface area (Å²) in [5, 5.41) is 0.715. The van der Waals surface area contributed by atoms with Gasteiger partial charge < -0.3 is 15.5 Å². The summed E-state index contributed by atoms with van der Waals surface area (Å²) >= 11 is 7.23. The van der Waals surface area contributed by atoms with Crippen LogP contribution in [0, 0.1) is 0 Å². The van der Waals surface area contributed by atoms with Crippen LogP contribution in [0.15, 0.2) is 48.8 Å². The number of carbonyl (C=O) groups is 1. The molecule has 4 rings (SSSR count). The fourth-order valence-corrected chi connectivity index (χ4v) is 4.13. The number of halogens is 1. The number of hydrogen-bond acceptors (Lipinski definition) is 6. The molecular formula is C19H18ClN5OS. The van der Waals surface area contributed by atoms with Gasteiger partial charge in [-0.3, -0.25) is 9.78 Å². The molecule has 0 saturated carbocycles. The predicted octanol–water partition coefficient (Wildman–Crippen LogP) is 3.40. The van der Waals surface area contributed by atoms with Gasteiger partial charge in [-0.15, -0.1) is 0 Å². The highest BCUT2D eigenvalue weighted by molar-refractivity contribution is 7.09. The first-order chi connectivity index (χ1) is 13.1. The minimum atomic E-state index is -0.0592. The van der Waals surface area contributed by atoms with Gasteiger partial charge in [0.05, 0.1) is 5.69 Å². The zero-order chi connectivity index (χ0) is 18.8. The number of piperazine rings is 1. The van der Waals surface area contributed by atoms with Crippen molar-refractivity contribution in [1.29, 1.82) is 0 Å². The number of nitrogens with two attached hydrogens (primary N) is 1. The lowest BCUT2D eigenvalue weighted by Gasteiger charge is -2.36. The topological polar surface area (TPSA) is 75.3 Å². The van der Waals surface area contributed by atoms with Gasteiger partial charge in [-0.25, -0.2) is 0 Å². The first-order valence-corrected chi connectivity index (χ1v) is 9.74. The second-order valence-electron chi connectivity index (χ2n) is 6.27. The molecule has 0 radical (unpaired) electrons. The van der Waals surface area contributed by atoms with Crippen LogP contribution in [0.25, 0.3) is 11.3 Å². The van der Waals surface area contributed by atoms with E-state index in [0.29, 0.717) is 34.4 Å². The Morgan fingerprint density at radius 1 is 1.11 bits per heavy atom. The van der Waals surface area contributed by atoms with Gasteiger partial charge in [0.2, 0.25) is 0 Å². The fraction of sp³-hybridized carbons (Fsp3) is 0.211. The molecule has 2 aromatic heterocycles. The molecule has 1 amide bonds. The molecule has 0 bridgehead atoms. The first-order valence-electron chi connectivity index (χ1n) is 8.59. The molecule has 2 N–H and O–H groups in total. The Labute approximate surface area is 166 Å². The zero-order valence-electron chi connectivity index (χ0n) is 14.5. The summed E-state index contributed by atoms with van der Waals surface area (Å²) in [6.07, 6.45) is 3.37. The van der Waals surface area contributed by atoms with Gasteiger partial charge in [-0.05, 0) is 41.9 Å². The number of nitrogens with zero attached hydrogens (tertiary/aromatic N) is 4. The van der Waals surface area contributed by atoms with E-state index in [2.05, 4.69) is 14.3 Å². The summed E-state index contributed by atoms with van der Waals surface area (Å²) in [5.74, 6) is -0.0592. The van der Waals surface area contributed by atoms with E-state index < -0.39 is 0 Å². The van der Waals surface area contributed by atoms with Crippen LogP contribution in [-0.4, -0.2) is 46.3 Å². The SMILES string of the molecule is Nc1c(-c2ccncc2)nsc1C(=O)N1CCN(c2cccc(Cl)c2)CC1. The lowest BCUT2D eigenvalue weighted by Crippen LogP contribution is -2.48. The molecule has 0 atom stereocenters. The Bertz CT molecular complexity index is 954. The van der Waals surface area contributed by atoms with Gasteiger partial charge in [0.25, 0.3) is 5.91 Å². The molecule has 0 spiro atoms. The quantitative estimate of drug-likeness (QED) is 0.730. The number of aromatic nitrogens is 2. The highest BCUT2D eigenvalue weighted by atomic mass is 35.5. The third-order valence-corrected chi connectivity index (χ3v) is 5.70. The molecule has 1 fully saturated rings. The van der Waals surface area contributed by atoms with Crippen LogP contribution in [0.2, 0.25) is 5.02 Å². The maximum absolute atomic E-state index is 12.9. The zero-order valence-corrected chi connectivity index (χ0v) is 16.1. The second-order valence-corrected chi connectivity index (χ2v) is 7.48. The number of amides is 1. The monoisotopic (exact) mass is 399 g/mol. The number of hydrogen-bond donors (Lipinski definition) is 1. The Hall–Kier alpha value is -2.64. The largest absolute Gasteiger partial charge is 0.396 e. The van der Waals surface area contributed by atoms with Gasteiger partial charge in [-0.1, -0.05) is 17.7 Å². The van der Waals surface area contributed by atoms with E-state index >= 15 is 0 Å². The van der Waals surface area contributed by atoms with Crippen LogP contribution in [0.5, 0.6) is 0 Å². The van der Waals surface area contributed by atoms with E-state index in [1.807, 2.05) is 41.3 Å². The van der Waals surface area contributed by atoms with E-state index in [0.717, 1.165) is 35.9 Å². The van der Waals surface area contributed by atoms with Crippen LogP contribution < -0.4 is 10.6 Å². The van der Waals surface area contributed by atoms with Crippen molar-refractivity contribution in [3.63, 3.8) is 0 Å².